The quantitative estimate of drug-likeness (QED) is 0.0498. The number of phenols is 2. The van der Waals surface area contributed by atoms with Crippen molar-refractivity contribution in [3.05, 3.63) is 147 Å². The zero-order valence-corrected chi connectivity index (χ0v) is 34.2. The number of unbranched alkanes of at least 4 members (excludes halogenated alkanes) is 4. The van der Waals surface area contributed by atoms with Gasteiger partial charge < -0.3 is 20.2 Å². The molecule has 5 aromatic carbocycles. The molecular weight excluding hydrogens is 717 g/mol. The van der Waals surface area contributed by atoms with Crippen LogP contribution in [-0.4, -0.2) is 46.7 Å². The second-order valence-electron chi connectivity index (χ2n) is 15.4. The van der Waals surface area contributed by atoms with Crippen LogP contribution in [0.1, 0.15) is 107 Å². The summed E-state index contributed by atoms with van der Waals surface area (Å²) >= 11 is 0. The van der Waals surface area contributed by atoms with Crippen LogP contribution in [0.25, 0.3) is 37.5 Å². The fourth-order valence-electron chi connectivity index (χ4n) is 8.91. The molecule has 7 nitrogen and oxygen atoms in total. The first-order valence-corrected chi connectivity index (χ1v) is 21.0. The van der Waals surface area contributed by atoms with Crippen molar-refractivity contribution >= 4 is 44.1 Å². The standard InChI is InChI=1S/C51H52N4O3/c1-6-10-28-54(29-11-7-2)49-35-22-16-14-20-33(35)44(42-37(49)24-18-26-40(42)56)47-46(39(32-52)53-5)48(51(47)58)45-34-21-15-17-23-36(34)50(38-25-19-27-41(57)43(38)45)55(30-12-8-3)31-13-9-4/h14-27H,6-13,28-31H2,1-4H3,(H2-,56,57,58). The molecule has 2 aliphatic rings. The summed E-state index contributed by atoms with van der Waals surface area (Å²) in [5.41, 5.74) is 6.58. The largest absolute Gasteiger partial charge is 0.872 e. The van der Waals surface area contributed by atoms with E-state index in [1.807, 2.05) is 60.7 Å². The third-order valence-corrected chi connectivity index (χ3v) is 11.7. The van der Waals surface area contributed by atoms with Crippen LogP contribution < -0.4 is 10.0 Å². The first-order chi connectivity index (χ1) is 28.4. The first-order valence-electron chi connectivity index (χ1n) is 21.0. The van der Waals surface area contributed by atoms with Gasteiger partial charge in [0.15, 0.2) is 0 Å². The maximum absolute atomic E-state index is 15.4. The van der Waals surface area contributed by atoms with Gasteiger partial charge in [0.25, 0.3) is 5.70 Å². The fourth-order valence-corrected chi connectivity index (χ4v) is 8.91. The first kappa shape index (κ1) is 39.9. The van der Waals surface area contributed by atoms with Gasteiger partial charge in [-0.2, -0.15) is 0 Å². The molecule has 0 aliphatic heterocycles. The highest BCUT2D eigenvalue weighted by Crippen LogP contribution is 2.57. The van der Waals surface area contributed by atoms with E-state index in [9.17, 15) is 15.5 Å². The lowest BCUT2D eigenvalue weighted by Gasteiger charge is -2.41. The van der Waals surface area contributed by atoms with E-state index >= 15 is 5.11 Å². The molecule has 2 aliphatic carbocycles. The molecule has 0 atom stereocenters. The van der Waals surface area contributed by atoms with Gasteiger partial charge in [0.2, 0.25) is 5.71 Å². The second kappa shape index (κ2) is 17.5. The van der Waals surface area contributed by atoms with E-state index in [0.717, 1.165) is 122 Å². The van der Waals surface area contributed by atoms with Gasteiger partial charge in [-0.05, 0) is 64.8 Å². The van der Waals surface area contributed by atoms with Crippen molar-refractivity contribution in [1.82, 2.24) is 0 Å². The molecule has 0 spiro atoms. The number of allylic oxidation sites excluding steroid dienone is 3. The van der Waals surface area contributed by atoms with E-state index in [1.165, 1.54) is 0 Å². The molecular formula is C51H52N4O3. The SMILES string of the molecule is [C-]#[N+]/C(C#N)=C1C(c2c3ccccc3c(N(CCCC)CCCC)c3cccc(O)c23)=C([O-])C/1=C1\c2ccccc2C(=[N+](CCCC)CCCC)c2cccc(O)c21. The van der Waals surface area contributed by atoms with Crippen LogP contribution in [-0.2, 0) is 0 Å². The highest BCUT2D eigenvalue weighted by molar-refractivity contribution is 6.26. The van der Waals surface area contributed by atoms with Crippen LogP contribution in [0.15, 0.2) is 108 Å². The van der Waals surface area contributed by atoms with Crippen LogP contribution in [0.2, 0.25) is 0 Å². The normalized spacial score (nSPS) is 15.4. The number of rotatable bonds is 14. The van der Waals surface area contributed by atoms with Gasteiger partial charge in [0.1, 0.15) is 24.6 Å². The van der Waals surface area contributed by atoms with Gasteiger partial charge in [-0.25, -0.2) is 14.7 Å². The molecule has 0 aromatic heterocycles. The maximum Gasteiger partial charge on any atom is 0.270 e. The lowest BCUT2D eigenvalue weighted by Crippen LogP contribution is -2.31. The molecule has 5 aromatic rings. The Hall–Kier alpha value is -6.31. The predicted molar refractivity (Wildman–Crippen MR) is 235 cm³/mol. The minimum absolute atomic E-state index is 0.0250. The zero-order chi connectivity index (χ0) is 40.9. The minimum atomic E-state index is -0.334. The molecule has 7 heteroatoms. The Morgan fingerprint density at radius 2 is 1.24 bits per heavy atom. The molecule has 0 unspecified atom stereocenters. The molecule has 58 heavy (non-hydrogen) atoms. The van der Waals surface area contributed by atoms with Crippen LogP contribution in [0.5, 0.6) is 11.5 Å². The fraction of sp³-hybridized carbons (Fsp3) is 0.314. The summed E-state index contributed by atoms with van der Waals surface area (Å²) < 4.78 is 2.41. The van der Waals surface area contributed by atoms with E-state index in [4.69, 9.17) is 6.57 Å². The molecule has 0 saturated carbocycles. The Labute approximate surface area is 342 Å². The summed E-state index contributed by atoms with van der Waals surface area (Å²) in [6.07, 6.45) is 8.13. The monoisotopic (exact) mass is 768 g/mol. The smallest absolute Gasteiger partial charge is 0.270 e. The van der Waals surface area contributed by atoms with E-state index in [-0.39, 0.29) is 39.7 Å². The van der Waals surface area contributed by atoms with Crippen molar-refractivity contribution in [2.75, 3.05) is 31.1 Å². The number of hydrogen-bond donors (Lipinski definition) is 2. The van der Waals surface area contributed by atoms with E-state index < -0.39 is 0 Å². The van der Waals surface area contributed by atoms with Crippen LogP contribution >= 0.6 is 0 Å². The third-order valence-electron chi connectivity index (χ3n) is 11.7. The van der Waals surface area contributed by atoms with Gasteiger partial charge in [-0.15, -0.1) is 0 Å². The minimum Gasteiger partial charge on any atom is -0.872 e. The summed E-state index contributed by atoms with van der Waals surface area (Å²) in [6, 6.07) is 29.1. The maximum atomic E-state index is 15.4. The van der Waals surface area contributed by atoms with Gasteiger partial charge in [0, 0.05) is 58.8 Å². The van der Waals surface area contributed by atoms with E-state index in [1.54, 1.807) is 12.1 Å². The molecule has 0 fully saturated rings. The van der Waals surface area contributed by atoms with Gasteiger partial charge in [0.05, 0.1) is 29.5 Å². The molecule has 0 heterocycles. The Morgan fingerprint density at radius 3 is 1.88 bits per heavy atom. The van der Waals surface area contributed by atoms with Crippen LogP contribution in [0.3, 0.4) is 0 Å². The molecule has 0 radical (unpaired) electrons. The Bertz CT molecular complexity index is 2600. The highest BCUT2D eigenvalue weighted by atomic mass is 16.3. The van der Waals surface area contributed by atoms with Crippen molar-refractivity contribution in [3.63, 3.8) is 0 Å². The molecule has 294 valence electrons. The van der Waals surface area contributed by atoms with E-state index in [2.05, 4.69) is 60.2 Å². The number of nitriles is 1. The van der Waals surface area contributed by atoms with Crippen molar-refractivity contribution in [1.29, 1.82) is 5.26 Å². The average molecular weight is 769 g/mol. The highest BCUT2D eigenvalue weighted by Gasteiger charge is 2.40. The lowest BCUT2D eigenvalue weighted by molar-refractivity contribution is -0.528. The van der Waals surface area contributed by atoms with Gasteiger partial charge in [-0.3, -0.25) is 0 Å². The predicted octanol–water partition coefficient (Wildman–Crippen LogP) is 10.9. The van der Waals surface area contributed by atoms with Crippen molar-refractivity contribution in [2.45, 2.75) is 79.1 Å². The Balaban J connectivity index is 1.62. The molecule has 0 amide bonds. The summed E-state index contributed by atoms with van der Waals surface area (Å²) in [5.74, 6) is -0.284. The Kier molecular flexibility index (Phi) is 12.0. The number of aromatic hydroxyl groups is 2. The molecule has 2 N–H and O–H groups in total. The summed E-state index contributed by atoms with van der Waals surface area (Å²) in [5, 5.41) is 52.8. The topological polar surface area (TPSA) is 97.9 Å². The number of benzene rings is 5. The number of fused-ring (bicyclic) bond motifs is 4. The zero-order valence-electron chi connectivity index (χ0n) is 34.2. The van der Waals surface area contributed by atoms with Crippen molar-refractivity contribution < 1.29 is 19.9 Å². The van der Waals surface area contributed by atoms with E-state index in [0.29, 0.717) is 22.1 Å². The molecule has 7 rings (SSSR count). The average Bonchev–Trinajstić information content (AvgIpc) is 3.24. The summed E-state index contributed by atoms with van der Waals surface area (Å²) in [6.45, 7) is 20.4. The number of nitrogens with zero attached hydrogens (tertiary/aromatic N) is 4. The number of phenolic OH excluding ortho intramolecular Hbond substituents is 2. The van der Waals surface area contributed by atoms with Crippen molar-refractivity contribution in [3.8, 4) is 17.6 Å². The Morgan fingerprint density at radius 1 is 0.672 bits per heavy atom. The number of hydrogen-bond acceptors (Lipinski definition) is 5. The lowest BCUT2D eigenvalue weighted by atomic mass is 9.69. The van der Waals surface area contributed by atoms with Crippen LogP contribution in [0.4, 0.5) is 5.69 Å². The van der Waals surface area contributed by atoms with Gasteiger partial charge in [-0.1, -0.05) is 120 Å². The van der Waals surface area contributed by atoms with Crippen molar-refractivity contribution in [2.24, 2.45) is 0 Å². The number of anilines is 1. The molecule has 0 bridgehead atoms. The summed E-state index contributed by atoms with van der Waals surface area (Å²) in [7, 11) is 0. The summed E-state index contributed by atoms with van der Waals surface area (Å²) in [4.78, 5) is 6.15. The second-order valence-corrected chi connectivity index (χ2v) is 15.4. The molecule has 0 saturated heterocycles. The third kappa shape index (κ3) is 6.79. The van der Waals surface area contributed by atoms with Crippen LogP contribution in [0, 0.1) is 17.9 Å². The van der Waals surface area contributed by atoms with Gasteiger partial charge >= 0.3 is 0 Å².